The van der Waals surface area contributed by atoms with Gasteiger partial charge in [0.15, 0.2) is 0 Å². The molecule has 1 unspecified atom stereocenters. The number of amides is 2. The Hall–Kier alpha value is -2.04. The molecule has 2 amide bonds. The van der Waals surface area contributed by atoms with Crippen LogP contribution in [-0.2, 0) is 4.79 Å². The second-order valence-electron chi connectivity index (χ2n) is 3.94. The minimum Gasteiger partial charge on any atom is -0.384 e. The van der Waals surface area contributed by atoms with Crippen LogP contribution in [-0.4, -0.2) is 34.7 Å². The van der Waals surface area contributed by atoms with Crippen molar-refractivity contribution in [3.05, 3.63) is 29.6 Å². The average molecular weight is 294 g/mol. The van der Waals surface area contributed by atoms with Crippen LogP contribution in [0.5, 0.6) is 0 Å². The van der Waals surface area contributed by atoms with Gasteiger partial charge in [-0.25, -0.2) is 4.39 Å². The first-order chi connectivity index (χ1) is 9.60. The third-order valence-corrected chi connectivity index (χ3v) is 3.41. The van der Waals surface area contributed by atoms with E-state index in [4.69, 9.17) is 5.11 Å². The molecule has 0 bridgehead atoms. The fourth-order valence-corrected chi connectivity index (χ4v) is 2.36. The van der Waals surface area contributed by atoms with Crippen molar-refractivity contribution < 1.29 is 19.1 Å². The topological polar surface area (TPSA) is 78.4 Å². The molecular weight excluding hydrogens is 283 g/mol. The number of hydrogen-bond donors (Lipinski definition) is 3. The molecule has 0 aromatic heterocycles. The van der Waals surface area contributed by atoms with Crippen LogP contribution in [0.2, 0.25) is 0 Å². The summed E-state index contributed by atoms with van der Waals surface area (Å²) in [6, 6.07) is 3.43. The van der Waals surface area contributed by atoms with Crippen molar-refractivity contribution in [2.24, 2.45) is 0 Å². The summed E-state index contributed by atoms with van der Waals surface area (Å²) in [7, 11) is 0. The van der Waals surface area contributed by atoms with Crippen molar-refractivity contribution in [3.8, 4) is 11.8 Å². The van der Waals surface area contributed by atoms with E-state index in [1.807, 2.05) is 0 Å². The highest BCUT2D eigenvalue weighted by Gasteiger charge is 2.28. The maximum absolute atomic E-state index is 13.8. The molecule has 3 N–H and O–H groups in total. The molecule has 7 heteroatoms. The SMILES string of the molecule is O=C1NC(C(=O)Nc2ccc(C#CCO)cc2F)CS1. The quantitative estimate of drug-likeness (QED) is 0.709. The van der Waals surface area contributed by atoms with E-state index in [1.165, 1.54) is 18.2 Å². The van der Waals surface area contributed by atoms with E-state index in [0.717, 1.165) is 11.8 Å². The Morgan fingerprint density at radius 2 is 2.40 bits per heavy atom. The van der Waals surface area contributed by atoms with Crippen molar-refractivity contribution in [1.82, 2.24) is 5.32 Å². The molecule has 0 saturated carbocycles. The Labute approximate surface area is 118 Å². The highest BCUT2D eigenvalue weighted by molar-refractivity contribution is 8.14. The fourth-order valence-electron chi connectivity index (χ4n) is 1.58. The lowest BCUT2D eigenvalue weighted by Crippen LogP contribution is -2.38. The summed E-state index contributed by atoms with van der Waals surface area (Å²) in [5, 5.41) is 13.2. The van der Waals surface area contributed by atoms with Gasteiger partial charge in [-0.3, -0.25) is 9.59 Å². The number of carbonyl (C=O) groups is 2. The molecule has 1 heterocycles. The molecule has 1 aromatic rings. The van der Waals surface area contributed by atoms with E-state index in [9.17, 15) is 14.0 Å². The lowest BCUT2D eigenvalue weighted by atomic mass is 10.2. The molecule has 20 heavy (non-hydrogen) atoms. The highest BCUT2D eigenvalue weighted by atomic mass is 32.2. The van der Waals surface area contributed by atoms with Crippen LogP contribution in [0.1, 0.15) is 5.56 Å². The van der Waals surface area contributed by atoms with Gasteiger partial charge >= 0.3 is 0 Å². The Morgan fingerprint density at radius 1 is 1.60 bits per heavy atom. The summed E-state index contributed by atoms with van der Waals surface area (Å²) in [5.74, 6) is 4.21. The third-order valence-electron chi connectivity index (χ3n) is 2.53. The van der Waals surface area contributed by atoms with Gasteiger partial charge in [-0.05, 0) is 18.2 Å². The van der Waals surface area contributed by atoms with Crippen molar-refractivity contribution in [2.75, 3.05) is 17.7 Å². The summed E-state index contributed by atoms with van der Waals surface area (Å²) in [5.41, 5.74) is 0.426. The first-order valence-electron chi connectivity index (χ1n) is 5.73. The van der Waals surface area contributed by atoms with Crippen LogP contribution < -0.4 is 10.6 Å². The number of rotatable bonds is 2. The van der Waals surface area contributed by atoms with Gasteiger partial charge in [0.05, 0.1) is 5.69 Å². The largest absolute Gasteiger partial charge is 0.384 e. The van der Waals surface area contributed by atoms with Crippen molar-refractivity contribution in [1.29, 1.82) is 0 Å². The number of benzene rings is 1. The number of thioether (sulfide) groups is 1. The lowest BCUT2D eigenvalue weighted by molar-refractivity contribution is -0.117. The number of aliphatic hydroxyl groups is 1. The Kier molecular flexibility index (Phi) is 4.61. The highest BCUT2D eigenvalue weighted by Crippen LogP contribution is 2.18. The van der Waals surface area contributed by atoms with E-state index in [1.54, 1.807) is 0 Å². The monoisotopic (exact) mass is 294 g/mol. The molecule has 1 aliphatic heterocycles. The molecular formula is C13H11FN2O3S. The zero-order chi connectivity index (χ0) is 14.5. The average Bonchev–Trinajstić information content (AvgIpc) is 2.86. The number of anilines is 1. The van der Waals surface area contributed by atoms with Gasteiger partial charge < -0.3 is 15.7 Å². The molecule has 1 aromatic carbocycles. The van der Waals surface area contributed by atoms with Crippen LogP contribution in [0, 0.1) is 17.7 Å². The van der Waals surface area contributed by atoms with Crippen LogP contribution in [0.15, 0.2) is 18.2 Å². The number of carbonyl (C=O) groups excluding carboxylic acids is 2. The molecule has 1 saturated heterocycles. The Morgan fingerprint density at radius 3 is 3.00 bits per heavy atom. The van der Waals surface area contributed by atoms with Crippen LogP contribution in [0.3, 0.4) is 0 Å². The van der Waals surface area contributed by atoms with Crippen molar-refractivity contribution in [2.45, 2.75) is 6.04 Å². The standard InChI is InChI=1S/C13H11FN2O3S/c14-9-6-8(2-1-5-17)3-4-10(9)15-12(18)11-7-20-13(19)16-11/h3-4,6,11,17H,5,7H2,(H,15,18)(H,16,19). The smallest absolute Gasteiger partial charge is 0.279 e. The predicted octanol–water partition coefficient (Wildman–Crippen LogP) is 0.933. The second kappa shape index (κ2) is 6.41. The number of aliphatic hydroxyl groups excluding tert-OH is 1. The number of hydrogen-bond acceptors (Lipinski definition) is 4. The summed E-state index contributed by atoms with van der Waals surface area (Å²) < 4.78 is 13.8. The van der Waals surface area contributed by atoms with Gasteiger partial charge in [-0.2, -0.15) is 0 Å². The Bertz CT molecular complexity index is 609. The zero-order valence-electron chi connectivity index (χ0n) is 10.3. The maximum Gasteiger partial charge on any atom is 0.279 e. The first kappa shape index (κ1) is 14.4. The zero-order valence-corrected chi connectivity index (χ0v) is 11.1. The minimum absolute atomic E-state index is 0.0238. The van der Waals surface area contributed by atoms with E-state index in [-0.39, 0.29) is 17.5 Å². The number of nitrogens with one attached hydrogen (secondary N) is 2. The minimum atomic E-state index is -0.652. The molecule has 1 fully saturated rings. The lowest BCUT2D eigenvalue weighted by Gasteiger charge is -2.11. The van der Waals surface area contributed by atoms with Gasteiger partial charge in [0.1, 0.15) is 18.5 Å². The van der Waals surface area contributed by atoms with Crippen molar-refractivity contribution >= 4 is 28.6 Å². The molecule has 2 rings (SSSR count). The molecule has 0 spiro atoms. The van der Waals surface area contributed by atoms with E-state index >= 15 is 0 Å². The Balaban J connectivity index is 2.06. The normalized spacial score (nSPS) is 17.1. The number of halogens is 1. The summed E-state index contributed by atoms with van der Waals surface area (Å²) in [6.45, 7) is -0.306. The van der Waals surface area contributed by atoms with Crippen molar-refractivity contribution in [3.63, 3.8) is 0 Å². The van der Waals surface area contributed by atoms with Gasteiger partial charge in [-0.1, -0.05) is 23.6 Å². The predicted molar refractivity (Wildman–Crippen MR) is 73.8 cm³/mol. The second-order valence-corrected chi connectivity index (χ2v) is 4.93. The van der Waals surface area contributed by atoms with E-state index in [2.05, 4.69) is 22.5 Å². The van der Waals surface area contributed by atoms with Gasteiger partial charge in [0.25, 0.3) is 5.24 Å². The summed E-state index contributed by atoms with van der Waals surface area (Å²) in [6.07, 6.45) is 0. The van der Waals surface area contributed by atoms with E-state index in [0.29, 0.717) is 11.3 Å². The van der Waals surface area contributed by atoms with Gasteiger partial charge in [-0.15, -0.1) is 0 Å². The summed E-state index contributed by atoms with van der Waals surface area (Å²) in [4.78, 5) is 22.8. The molecule has 1 aliphatic rings. The van der Waals surface area contributed by atoms with Gasteiger partial charge in [0, 0.05) is 11.3 Å². The maximum atomic E-state index is 13.8. The van der Waals surface area contributed by atoms with Crippen LogP contribution >= 0.6 is 11.8 Å². The van der Waals surface area contributed by atoms with E-state index < -0.39 is 17.8 Å². The van der Waals surface area contributed by atoms with Gasteiger partial charge in [0.2, 0.25) is 5.91 Å². The molecule has 1 atom stereocenters. The summed E-state index contributed by atoms with van der Waals surface area (Å²) >= 11 is 1.01. The molecule has 0 radical (unpaired) electrons. The fraction of sp³-hybridized carbons (Fsp3) is 0.231. The molecule has 0 aliphatic carbocycles. The van der Waals surface area contributed by atoms with Crippen LogP contribution in [0.4, 0.5) is 14.9 Å². The molecule has 5 nitrogen and oxygen atoms in total. The van der Waals surface area contributed by atoms with Crippen LogP contribution in [0.25, 0.3) is 0 Å². The third kappa shape index (κ3) is 3.50. The first-order valence-corrected chi connectivity index (χ1v) is 6.72. The molecule has 104 valence electrons.